The Hall–Kier alpha value is -6.68. The van der Waals surface area contributed by atoms with Gasteiger partial charge in [-0.3, -0.25) is 4.55 Å². The molecule has 22 nitrogen and oxygen atoms in total. The number of fused-ring (bicyclic) bond motifs is 2. The van der Waals surface area contributed by atoms with Gasteiger partial charge >= 0.3 is 10.6 Å². The highest BCUT2D eigenvalue weighted by atomic mass is 32.2. The maximum atomic E-state index is 12.0. The molecule has 69 heavy (non-hydrogen) atoms. The van der Waals surface area contributed by atoms with E-state index >= 15 is 0 Å². The summed E-state index contributed by atoms with van der Waals surface area (Å²) in [6.07, 6.45) is 0. The highest BCUT2D eigenvalue weighted by molar-refractivity contribution is 7.85. The van der Waals surface area contributed by atoms with Crippen LogP contribution in [-0.2, 0) is 20.7 Å². The minimum absolute atomic E-state index is 0.118. The summed E-state index contributed by atoms with van der Waals surface area (Å²) in [5, 5.41) is 45.7. The van der Waals surface area contributed by atoms with E-state index in [0.29, 0.717) is 43.7 Å². The van der Waals surface area contributed by atoms with E-state index < -0.39 is 20.7 Å². The second-order valence-electron chi connectivity index (χ2n) is 14.8. The van der Waals surface area contributed by atoms with Crippen LogP contribution < -0.4 is 25.3 Å². The number of rotatable bonds is 20. The van der Waals surface area contributed by atoms with Crippen LogP contribution in [0.3, 0.4) is 0 Å². The summed E-state index contributed by atoms with van der Waals surface area (Å²) in [5.41, 5.74) is 6.50. The van der Waals surface area contributed by atoms with Crippen molar-refractivity contribution < 1.29 is 35.8 Å². The lowest BCUT2D eigenvalue weighted by atomic mass is 10.2. The molecule has 0 aliphatic carbocycles. The van der Waals surface area contributed by atoms with Crippen LogP contribution in [0.4, 0.5) is 62.2 Å². The molecule has 0 bridgehead atoms. The minimum Gasteiger partial charge on any atom is -0.395 e. The van der Waals surface area contributed by atoms with E-state index in [1.165, 1.54) is 28.7 Å². The quantitative estimate of drug-likeness (QED) is 0.0352. The molecule has 0 unspecified atom stereocenters. The third-order valence-corrected chi connectivity index (χ3v) is 13.1. The number of aliphatic hydroxyl groups is 2. The van der Waals surface area contributed by atoms with Crippen molar-refractivity contribution in [3.8, 4) is 0 Å². The summed E-state index contributed by atoms with van der Waals surface area (Å²) >= 11 is 2.67. The third kappa shape index (κ3) is 13.5. The Morgan fingerprint density at radius 2 is 1.09 bits per heavy atom. The van der Waals surface area contributed by atoms with Crippen molar-refractivity contribution in [2.45, 2.75) is 46.4 Å². The lowest BCUT2D eigenvalue weighted by molar-refractivity contribution is 0.280. The standard InChI is InChI=1S/C43H50N14O5S3.O3S/c1-7-55(8-2)28-12-15-30(51-53-42-46-32-14-11-26(5)21-36(32)63-42)33(23-28)44-39-48-40(50-41(49-39)57(17-19-58)18-20-59)45-34-24-29(56(9-3)10-4)13-16-31(34)52-54-43-47-35-25-38(65(60,61)62)27(6)22-37(35)64-43;1-4(2)3/h11-16,21-25,58-59H,7-10,17-20H2,1-6H3,(H,60,61,62)(H2,44,45,48,49,50);. The zero-order valence-corrected chi connectivity index (χ0v) is 41.7. The molecule has 0 aliphatic rings. The van der Waals surface area contributed by atoms with Gasteiger partial charge in [0.15, 0.2) is 0 Å². The maximum absolute atomic E-state index is 12.0. The van der Waals surface area contributed by atoms with Crippen molar-refractivity contribution in [1.82, 2.24) is 24.9 Å². The fourth-order valence-electron chi connectivity index (χ4n) is 7.03. The molecule has 0 fully saturated rings. The predicted octanol–water partition coefficient (Wildman–Crippen LogP) is 8.75. The first-order valence-electron chi connectivity index (χ1n) is 21.5. The van der Waals surface area contributed by atoms with Gasteiger partial charge in [0.05, 0.1) is 49.9 Å². The first-order valence-corrected chi connectivity index (χ1v) is 25.5. The van der Waals surface area contributed by atoms with Crippen molar-refractivity contribution in [3.05, 3.63) is 77.9 Å². The molecule has 0 saturated heterocycles. The van der Waals surface area contributed by atoms with Crippen LogP contribution in [0, 0.1) is 13.8 Å². The monoisotopic (exact) mass is 1020 g/mol. The predicted molar refractivity (Wildman–Crippen MR) is 269 cm³/mol. The van der Waals surface area contributed by atoms with E-state index in [0.717, 1.165) is 53.3 Å². The lowest BCUT2D eigenvalue weighted by Crippen LogP contribution is -2.31. The zero-order chi connectivity index (χ0) is 49.8. The number of anilines is 7. The first-order chi connectivity index (χ1) is 33.0. The summed E-state index contributed by atoms with van der Waals surface area (Å²) in [4.78, 5) is 29.2. The topological polar surface area (TPSA) is 294 Å². The molecule has 3 aromatic heterocycles. The van der Waals surface area contributed by atoms with Crippen LogP contribution >= 0.6 is 22.7 Å². The molecule has 5 N–H and O–H groups in total. The van der Waals surface area contributed by atoms with Gasteiger partial charge in [0.1, 0.15) is 11.4 Å². The molecule has 0 saturated carbocycles. The van der Waals surface area contributed by atoms with Gasteiger partial charge in [0.2, 0.25) is 28.1 Å². The fourth-order valence-corrected chi connectivity index (χ4v) is 9.51. The molecular weight excluding hydrogens is 969 g/mol. The van der Waals surface area contributed by atoms with Crippen LogP contribution in [-0.4, -0.2) is 113 Å². The van der Waals surface area contributed by atoms with Gasteiger partial charge in [0.25, 0.3) is 10.1 Å². The number of aromatic nitrogens is 5. The number of azo groups is 2. The van der Waals surface area contributed by atoms with E-state index in [1.807, 2.05) is 49.4 Å². The molecule has 0 atom stereocenters. The average molecular weight is 1020 g/mol. The largest absolute Gasteiger partial charge is 0.425 e. The normalized spacial score (nSPS) is 11.6. The van der Waals surface area contributed by atoms with Gasteiger partial charge in [0, 0.05) is 50.6 Å². The molecular formula is C43H50N14O8S4. The van der Waals surface area contributed by atoms with Crippen molar-refractivity contribution in [2.24, 2.45) is 20.5 Å². The molecule has 7 aromatic rings. The highest BCUT2D eigenvalue weighted by Crippen LogP contribution is 2.38. The SMILES string of the molecule is CCN(CC)c1ccc(N=Nc2nc3ccc(C)cc3s2)c(Nc2nc(Nc3cc(N(CC)CC)ccc3N=Nc3nc4cc(S(=O)(=O)O)c(C)cc4s3)nc(N(CCO)CCO)n2)c1.O=S(=O)=O. The van der Waals surface area contributed by atoms with Crippen LogP contribution in [0.1, 0.15) is 38.8 Å². The molecule has 3 heterocycles. The highest BCUT2D eigenvalue weighted by Gasteiger charge is 2.19. The Kier molecular flexibility index (Phi) is 17.7. The van der Waals surface area contributed by atoms with Crippen molar-refractivity contribution in [1.29, 1.82) is 0 Å². The number of aliphatic hydroxyl groups excluding tert-OH is 2. The van der Waals surface area contributed by atoms with Gasteiger partial charge in [-0.25, -0.2) is 9.97 Å². The van der Waals surface area contributed by atoms with Crippen LogP contribution in [0.15, 0.2) is 92.1 Å². The summed E-state index contributed by atoms with van der Waals surface area (Å²) in [6, 6.07) is 20.5. The summed E-state index contributed by atoms with van der Waals surface area (Å²) in [7, 11) is -7.56. The molecule has 0 aliphatic heterocycles. The smallest absolute Gasteiger partial charge is 0.395 e. The maximum Gasteiger partial charge on any atom is 0.425 e. The molecule has 4 aromatic carbocycles. The lowest BCUT2D eigenvalue weighted by Gasteiger charge is -2.24. The number of nitrogens with zero attached hydrogens (tertiary/aromatic N) is 12. The van der Waals surface area contributed by atoms with Gasteiger partial charge < -0.3 is 35.5 Å². The van der Waals surface area contributed by atoms with Crippen LogP contribution in [0.25, 0.3) is 20.4 Å². The molecule has 0 radical (unpaired) electrons. The Labute approximate surface area is 407 Å². The fraction of sp³-hybridized carbons (Fsp3) is 0.326. The number of nitrogens with one attached hydrogen (secondary N) is 2. The Balaban J connectivity index is 0.00000188. The number of aryl methyl sites for hydroxylation is 2. The molecule has 364 valence electrons. The second kappa shape index (κ2) is 23.6. The average Bonchev–Trinajstić information content (AvgIpc) is 3.91. The molecule has 7 rings (SSSR count). The van der Waals surface area contributed by atoms with Gasteiger partial charge in [-0.1, -0.05) is 28.7 Å². The summed E-state index contributed by atoms with van der Waals surface area (Å²) < 4.78 is 60.7. The number of thiazole rings is 2. The van der Waals surface area contributed by atoms with E-state index in [-0.39, 0.29) is 54.2 Å². The van der Waals surface area contributed by atoms with Crippen molar-refractivity contribution in [2.75, 3.05) is 77.8 Å². The summed E-state index contributed by atoms with van der Waals surface area (Å²) in [6.45, 7) is 14.7. The Bertz CT molecular complexity index is 3200. The van der Waals surface area contributed by atoms with E-state index in [9.17, 15) is 23.2 Å². The summed E-state index contributed by atoms with van der Waals surface area (Å²) in [5.74, 6) is 0.435. The number of hydrogen-bond acceptors (Lipinski definition) is 23. The van der Waals surface area contributed by atoms with Gasteiger partial charge in [-0.15, -0.1) is 33.1 Å². The van der Waals surface area contributed by atoms with E-state index in [4.69, 9.17) is 27.6 Å². The van der Waals surface area contributed by atoms with Gasteiger partial charge in [-0.05, 0) is 113 Å². The minimum atomic E-state index is -4.45. The molecule has 0 amide bonds. The Morgan fingerprint density at radius 1 is 0.609 bits per heavy atom. The third-order valence-electron chi connectivity index (χ3n) is 10.3. The van der Waals surface area contributed by atoms with E-state index in [1.54, 1.807) is 24.0 Å². The first kappa shape index (κ1) is 51.7. The van der Waals surface area contributed by atoms with Crippen LogP contribution in [0.2, 0.25) is 0 Å². The van der Waals surface area contributed by atoms with Gasteiger partial charge in [-0.2, -0.15) is 23.4 Å². The number of hydrogen-bond donors (Lipinski definition) is 5. The zero-order valence-electron chi connectivity index (χ0n) is 38.4. The molecule has 0 spiro atoms. The second-order valence-corrected chi connectivity index (χ2v) is 18.7. The number of benzene rings is 4. The Morgan fingerprint density at radius 3 is 1.55 bits per heavy atom. The van der Waals surface area contributed by atoms with Crippen molar-refractivity contribution in [3.63, 3.8) is 0 Å². The van der Waals surface area contributed by atoms with E-state index in [2.05, 4.69) is 84.6 Å². The molecule has 26 heteroatoms. The van der Waals surface area contributed by atoms with Crippen molar-refractivity contribution >= 4 is 126 Å². The van der Waals surface area contributed by atoms with Crippen LogP contribution in [0.5, 0.6) is 0 Å².